The number of hydrogen-bond donors (Lipinski definition) is 1. The maximum Gasteiger partial charge on any atom is 0.416 e. The topological polar surface area (TPSA) is 35.2 Å². The predicted octanol–water partition coefficient (Wildman–Crippen LogP) is 3.62. The Balaban J connectivity index is 1.87. The predicted molar refractivity (Wildman–Crippen MR) is 74.7 cm³/mol. The summed E-state index contributed by atoms with van der Waals surface area (Å²) in [5.41, 5.74) is 6.15. The summed E-state index contributed by atoms with van der Waals surface area (Å²) < 4.78 is 42.7. The minimum Gasteiger partial charge on any atom is -0.381 e. The molecule has 2 rings (SSSR count). The van der Waals surface area contributed by atoms with Crippen LogP contribution in [0.25, 0.3) is 0 Å². The van der Waals surface area contributed by atoms with Gasteiger partial charge in [0.25, 0.3) is 0 Å². The van der Waals surface area contributed by atoms with Crippen molar-refractivity contribution in [3.05, 3.63) is 35.4 Å². The molecule has 0 spiro atoms. The van der Waals surface area contributed by atoms with Gasteiger partial charge in [-0.25, -0.2) is 0 Å². The van der Waals surface area contributed by atoms with Crippen LogP contribution in [0, 0.1) is 0 Å². The van der Waals surface area contributed by atoms with Crippen LogP contribution in [0.5, 0.6) is 0 Å². The maximum atomic E-state index is 12.5. The monoisotopic (exact) mass is 305 g/mol. The van der Waals surface area contributed by atoms with E-state index < -0.39 is 11.7 Å². The number of nitrogens with two attached hydrogens (primary N) is 1. The van der Waals surface area contributed by atoms with Crippen LogP contribution in [0.3, 0.4) is 0 Å². The zero-order chi connectivity index (χ0) is 14.6. The molecule has 2 N–H and O–H groups in total. The molecule has 0 saturated carbocycles. The minimum absolute atomic E-state index is 0.231. The van der Waals surface area contributed by atoms with E-state index in [4.69, 9.17) is 10.5 Å². The Labute approximate surface area is 120 Å². The van der Waals surface area contributed by atoms with E-state index in [1.165, 1.54) is 12.1 Å². The van der Waals surface area contributed by atoms with Crippen molar-refractivity contribution >= 4 is 11.8 Å². The van der Waals surface area contributed by atoms with Crippen LogP contribution < -0.4 is 5.73 Å². The molecule has 1 heterocycles. The number of halogens is 3. The van der Waals surface area contributed by atoms with E-state index in [1.807, 2.05) is 0 Å². The highest BCUT2D eigenvalue weighted by atomic mass is 32.2. The molecule has 1 saturated heterocycles. The lowest BCUT2D eigenvalue weighted by atomic mass is 10.1. The zero-order valence-electron chi connectivity index (χ0n) is 11.0. The molecule has 1 unspecified atom stereocenters. The fourth-order valence-corrected chi connectivity index (χ4v) is 3.30. The third kappa shape index (κ3) is 4.40. The lowest BCUT2D eigenvalue weighted by Crippen LogP contribution is -2.21. The summed E-state index contributed by atoms with van der Waals surface area (Å²) in [6, 6.07) is 4.89. The number of benzene rings is 1. The summed E-state index contributed by atoms with van der Waals surface area (Å²) in [6.45, 7) is 1.57. The molecule has 0 bridgehead atoms. The standard InChI is InChI=1S/C14H18F3NOS/c15-14(16,17)11-3-1-10(2-4-11)13(18)9-20-12-5-7-19-8-6-12/h1-4,12-13H,5-9,18H2. The van der Waals surface area contributed by atoms with Gasteiger partial charge in [-0.1, -0.05) is 12.1 Å². The summed E-state index contributed by atoms with van der Waals surface area (Å²) in [5.74, 6) is 0.718. The average Bonchev–Trinajstić information content (AvgIpc) is 2.45. The molecule has 2 nitrogen and oxygen atoms in total. The Morgan fingerprint density at radius 2 is 1.80 bits per heavy atom. The number of rotatable bonds is 4. The Bertz CT molecular complexity index is 415. The first kappa shape index (κ1) is 15.7. The number of hydrogen-bond acceptors (Lipinski definition) is 3. The van der Waals surface area contributed by atoms with Gasteiger partial charge in [0.2, 0.25) is 0 Å². The molecule has 0 aromatic heterocycles. The van der Waals surface area contributed by atoms with Crippen molar-refractivity contribution in [2.45, 2.75) is 30.3 Å². The molecule has 0 amide bonds. The normalized spacial score (nSPS) is 19.0. The number of thioether (sulfide) groups is 1. The van der Waals surface area contributed by atoms with E-state index in [1.54, 1.807) is 11.8 Å². The van der Waals surface area contributed by atoms with Crippen LogP contribution in [0.15, 0.2) is 24.3 Å². The first-order valence-electron chi connectivity index (χ1n) is 6.59. The van der Waals surface area contributed by atoms with Crippen molar-refractivity contribution in [1.82, 2.24) is 0 Å². The van der Waals surface area contributed by atoms with Crippen molar-refractivity contribution in [3.8, 4) is 0 Å². The van der Waals surface area contributed by atoms with Gasteiger partial charge in [-0.2, -0.15) is 24.9 Å². The van der Waals surface area contributed by atoms with Gasteiger partial charge in [0, 0.05) is 30.3 Å². The third-order valence-electron chi connectivity index (χ3n) is 3.35. The van der Waals surface area contributed by atoms with Gasteiger partial charge in [0.15, 0.2) is 0 Å². The smallest absolute Gasteiger partial charge is 0.381 e. The lowest BCUT2D eigenvalue weighted by molar-refractivity contribution is -0.137. The molecule has 112 valence electrons. The molecule has 0 radical (unpaired) electrons. The third-order valence-corrected chi connectivity index (χ3v) is 4.84. The molecular formula is C14H18F3NOS. The molecule has 1 aliphatic heterocycles. The first-order valence-corrected chi connectivity index (χ1v) is 7.64. The Morgan fingerprint density at radius 1 is 1.20 bits per heavy atom. The molecule has 1 atom stereocenters. The molecule has 1 aliphatic rings. The molecule has 0 aliphatic carbocycles. The van der Waals surface area contributed by atoms with Crippen LogP contribution in [-0.4, -0.2) is 24.2 Å². The van der Waals surface area contributed by atoms with Crippen molar-refractivity contribution < 1.29 is 17.9 Å². The van der Waals surface area contributed by atoms with Crippen LogP contribution in [0.4, 0.5) is 13.2 Å². The first-order chi connectivity index (χ1) is 9.47. The van der Waals surface area contributed by atoms with Gasteiger partial charge in [0.1, 0.15) is 0 Å². The van der Waals surface area contributed by atoms with E-state index in [0.29, 0.717) is 5.25 Å². The summed E-state index contributed by atoms with van der Waals surface area (Å²) in [5, 5.41) is 0.546. The van der Waals surface area contributed by atoms with Gasteiger partial charge in [-0.3, -0.25) is 0 Å². The van der Waals surface area contributed by atoms with Crippen LogP contribution >= 0.6 is 11.8 Å². The van der Waals surface area contributed by atoms with Crippen molar-refractivity contribution in [2.75, 3.05) is 19.0 Å². The molecule has 1 aromatic carbocycles. The van der Waals surface area contributed by atoms with Crippen molar-refractivity contribution in [3.63, 3.8) is 0 Å². The fraction of sp³-hybridized carbons (Fsp3) is 0.571. The van der Waals surface area contributed by atoms with Gasteiger partial charge >= 0.3 is 6.18 Å². The fourth-order valence-electron chi connectivity index (χ4n) is 2.10. The molecular weight excluding hydrogens is 287 g/mol. The second-order valence-electron chi connectivity index (χ2n) is 4.87. The minimum atomic E-state index is -4.29. The van der Waals surface area contributed by atoms with E-state index in [9.17, 15) is 13.2 Å². The maximum absolute atomic E-state index is 12.5. The lowest BCUT2D eigenvalue weighted by Gasteiger charge is -2.23. The van der Waals surface area contributed by atoms with E-state index >= 15 is 0 Å². The molecule has 1 aromatic rings. The summed E-state index contributed by atoms with van der Waals surface area (Å²) >= 11 is 1.78. The molecule has 6 heteroatoms. The summed E-state index contributed by atoms with van der Waals surface area (Å²) in [6.07, 6.45) is -2.26. The Hall–Kier alpha value is -0.720. The van der Waals surface area contributed by atoms with Gasteiger partial charge in [0.05, 0.1) is 5.56 Å². The highest BCUT2D eigenvalue weighted by Gasteiger charge is 2.30. The van der Waals surface area contributed by atoms with Gasteiger partial charge in [-0.15, -0.1) is 0 Å². The van der Waals surface area contributed by atoms with Crippen LogP contribution in [0.2, 0.25) is 0 Å². The molecule has 20 heavy (non-hydrogen) atoms. The second kappa shape index (κ2) is 6.83. The zero-order valence-corrected chi connectivity index (χ0v) is 11.8. The quantitative estimate of drug-likeness (QED) is 0.923. The van der Waals surface area contributed by atoms with Gasteiger partial charge < -0.3 is 10.5 Å². The van der Waals surface area contributed by atoms with Crippen molar-refractivity contribution in [1.29, 1.82) is 0 Å². The summed E-state index contributed by atoms with van der Waals surface area (Å²) in [7, 11) is 0. The SMILES string of the molecule is NC(CSC1CCOCC1)c1ccc(C(F)(F)F)cc1. The highest BCUT2D eigenvalue weighted by Crippen LogP contribution is 2.31. The van der Waals surface area contributed by atoms with Gasteiger partial charge in [-0.05, 0) is 30.5 Å². The van der Waals surface area contributed by atoms with E-state index in [-0.39, 0.29) is 6.04 Å². The summed E-state index contributed by atoms with van der Waals surface area (Å²) in [4.78, 5) is 0. The van der Waals surface area contributed by atoms with E-state index in [0.717, 1.165) is 49.5 Å². The highest BCUT2D eigenvalue weighted by molar-refractivity contribution is 7.99. The second-order valence-corrected chi connectivity index (χ2v) is 6.20. The van der Waals surface area contributed by atoms with Crippen molar-refractivity contribution in [2.24, 2.45) is 5.73 Å². The van der Waals surface area contributed by atoms with Crippen LogP contribution in [-0.2, 0) is 10.9 Å². The number of alkyl halides is 3. The molecule has 1 fully saturated rings. The van der Waals surface area contributed by atoms with Crippen LogP contribution in [0.1, 0.15) is 30.0 Å². The number of ether oxygens (including phenoxy) is 1. The van der Waals surface area contributed by atoms with E-state index in [2.05, 4.69) is 0 Å². The largest absolute Gasteiger partial charge is 0.416 e. The average molecular weight is 305 g/mol. The Kier molecular flexibility index (Phi) is 5.35. The Morgan fingerprint density at radius 3 is 2.35 bits per heavy atom.